The van der Waals surface area contributed by atoms with E-state index in [0.717, 1.165) is 0 Å². The van der Waals surface area contributed by atoms with E-state index in [1.807, 2.05) is 0 Å². The fourth-order valence-electron chi connectivity index (χ4n) is 1.47. The van der Waals surface area contributed by atoms with Crippen molar-refractivity contribution in [2.45, 2.75) is 6.54 Å². The van der Waals surface area contributed by atoms with Crippen LogP contribution in [0.5, 0.6) is 5.75 Å². The Morgan fingerprint density at radius 1 is 1.47 bits per heavy atom. The third-order valence-electron chi connectivity index (χ3n) is 2.21. The van der Waals surface area contributed by atoms with Gasteiger partial charge in [-0.05, 0) is 19.2 Å². The van der Waals surface area contributed by atoms with Gasteiger partial charge >= 0.3 is 0 Å². The quantitative estimate of drug-likeness (QED) is 0.875. The molecule has 0 amide bonds. The summed E-state index contributed by atoms with van der Waals surface area (Å²) in [7, 11) is 3.23. The lowest BCUT2D eigenvalue weighted by atomic mass is 10.2. The number of benzene rings is 1. The first-order valence-electron chi connectivity index (χ1n) is 5.06. The SMILES string of the molecule is CNCc1noc(-c2c(F)cccc2OC)n1. The second-order valence-electron chi connectivity index (χ2n) is 3.36. The van der Waals surface area contributed by atoms with E-state index in [1.54, 1.807) is 19.2 Å². The normalized spacial score (nSPS) is 10.5. The zero-order chi connectivity index (χ0) is 12.3. The maximum atomic E-state index is 13.7. The summed E-state index contributed by atoms with van der Waals surface area (Å²) in [6.07, 6.45) is 0. The second-order valence-corrected chi connectivity index (χ2v) is 3.36. The summed E-state index contributed by atoms with van der Waals surface area (Å²) in [5.41, 5.74) is 0.185. The molecule has 1 heterocycles. The van der Waals surface area contributed by atoms with Crippen LogP contribution in [0, 0.1) is 5.82 Å². The highest BCUT2D eigenvalue weighted by Crippen LogP contribution is 2.30. The number of methoxy groups -OCH3 is 1. The lowest BCUT2D eigenvalue weighted by molar-refractivity contribution is 0.397. The molecule has 0 aliphatic rings. The molecule has 0 aliphatic heterocycles. The van der Waals surface area contributed by atoms with Crippen LogP contribution in [0.1, 0.15) is 5.82 Å². The summed E-state index contributed by atoms with van der Waals surface area (Å²) >= 11 is 0. The number of nitrogens with one attached hydrogen (secondary N) is 1. The van der Waals surface area contributed by atoms with Gasteiger partial charge in [0.1, 0.15) is 17.1 Å². The molecule has 0 fully saturated rings. The second kappa shape index (κ2) is 4.92. The third kappa shape index (κ3) is 2.26. The van der Waals surface area contributed by atoms with Crippen LogP contribution < -0.4 is 10.1 Å². The summed E-state index contributed by atoms with van der Waals surface area (Å²) in [5.74, 6) is 0.492. The van der Waals surface area contributed by atoms with Gasteiger partial charge in [0.25, 0.3) is 5.89 Å². The van der Waals surface area contributed by atoms with Crippen molar-refractivity contribution in [2.75, 3.05) is 14.2 Å². The molecule has 0 spiro atoms. The Kier molecular flexibility index (Phi) is 3.34. The van der Waals surface area contributed by atoms with E-state index in [1.165, 1.54) is 13.2 Å². The summed E-state index contributed by atoms with van der Waals surface area (Å²) < 4.78 is 23.8. The Morgan fingerprint density at radius 2 is 2.29 bits per heavy atom. The Labute approximate surface area is 97.6 Å². The van der Waals surface area contributed by atoms with Crippen LogP contribution in [0.25, 0.3) is 11.5 Å². The number of hydrogen-bond donors (Lipinski definition) is 1. The first kappa shape index (κ1) is 11.5. The molecule has 0 aliphatic carbocycles. The van der Waals surface area contributed by atoms with Gasteiger partial charge in [-0.3, -0.25) is 0 Å². The molecule has 1 N–H and O–H groups in total. The van der Waals surface area contributed by atoms with Crippen LogP contribution in [0.3, 0.4) is 0 Å². The Hall–Kier alpha value is -1.95. The molecule has 0 radical (unpaired) electrons. The van der Waals surface area contributed by atoms with Crippen molar-refractivity contribution in [1.82, 2.24) is 15.5 Å². The first-order valence-corrected chi connectivity index (χ1v) is 5.06. The molecule has 0 saturated carbocycles. The maximum absolute atomic E-state index is 13.7. The van der Waals surface area contributed by atoms with Crippen LogP contribution in [0.15, 0.2) is 22.7 Å². The number of rotatable bonds is 4. The fourth-order valence-corrected chi connectivity index (χ4v) is 1.47. The highest BCUT2D eigenvalue weighted by Gasteiger charge is 2.17. The van der Waals surface area contributed by atoms with E-state index in [0.29, 0.717) is 18.1 Å². The Morgan fingerprint density at radius 3 is 3.00 bits per heavy atom. The monoisotopic (exact) mass is 237 g/mol. The molecular weight excluding hydrogens is 225 g/mol. The van der Waals surface area contributed by atoms with E-state index in [9.17, 15) is 4.39 Å². The fraction of sp³-hybridized carbons (Fsp3) is 0.273. The molecule has 90 valence electrons. The molecule has 0 unspecified atom stereocenters. The Bertz CT molecular complexity index is 513. The minimum atomic E-state index is -0.455. The van der Waals surface area contributed by atoms with Gasteiger partial charge in [0.15, 0.2) is 5.82 Å². The average molecular weight is 237 g/mol. The lowest BCUT2D eigenvalue weighted by Crippen LogP contribution is -2.06. The van der Waals surface area contributed by atoms with Crippen molar-refractivity contribution in [3.8, 4) is 17.2 Å². The van der Waals surface area contributed by atoms with E-state index >= 15 is 0 Å². The zero-order valence-electron chi connectivity index (χ0n) is 9.53. The van der Waals surface area contributed by atoms with Crippen LogP contribution in [0.4, 0.5) is 4.39 Å². The van der Waals surface area contributed by atoms with Gasteiger partial charge in [0, 0.05) is 0 Å². The standard InChI is InChI=1S/C11H12FN3O2/c1-13-6-9-14-11(17-15-9)10-7(12)4-3-5-8(10)16-2/h3-5,13H,6H2,1-2H3. The van der Waals surface area contributed by atoms with Gasteiger partial charge in [0.05, 0.1) is 13.7 Å². The molecule has 1 aromatic carbocycles. The van der Waals surface area contributed by atoms with Gasteiger partial charge in [-0.15, -0.1) is 0 Å². The molecule has 2 aromatic rings. The molecule has 17 heavy (non-hydrogen) atoms. The van der Waals surface area contributed by atoms with Crippen molar-refractivity contribution in [3.05, 3.63) is 29.8 Å². The van der Waals surface area contributed by atoms with Gasteiger partial charge in [-0.25, -0.2) is 4.39 Å². The number of nitrogens with zero attached hydrogens (tertiary/aromatic N) is 2. The molecule has 1 aromatic heterocycles. The molecule has 0 saturated heterocycles. The van der Waals surface area contributed by atoms with Crippen molar-refractivity contribution < 1.29 is 13.7 Å². The molecule has 6 heteroatoms. The molecule has 0 atom stereocenters. The van der Waals surface area contributed by atoms with Crippen molar-refractivity contribution >= 4 is 0 Å². The first-order chi connectivity index (χ1) is 8.26. The van der Waals surface area contributed by atoms with Crippen LogP contribution in [-0.4, -0.2) is 24.3 Å². The zero-order valence-corrected chi connectivity index (χ0v) is 9.53. The van der Waals surface area contributed by atoms with Gasteiger partial charge in [-0.2, -0.15) is 4.98 Å². The largest absolute Gasteiger partial charge is 0.496 e. The lowest BCUT2D eigenvalue weighted by Gasteiger charge is -2.04. The molecule has 0 bridgehead atoms. The number of halogens is 1. The molecular formula is C11H12FN3O2. The highest BCUT2D eigenvalue weighted by molar-refractivity contribution is 5.63. The predicted molar refractivity (Wildman–Crippen MR) is 59.0 cm³/mol. The highest BCUT2D eigenvalue weighted by atomic mass is 19.1. The van der Waals surface area contributed by atoms with E-state index in [-0.39, 0.29) is 11.5 Å². The van der Waals surface area contributed by atoms with E-state index in [4.69, 9.17) is 9.26 Å². The summed E-state index contributed by atoms with van der Waals surface area (Å²) in [4.78, 5) is 4.08. The minimum Gasteiger partial charge on any atom is -0.496 e. The van der Waals surface area contributed by atoms with Crippen LogP contribution in [-0.2, 0) is 6.54 Å². The van der Waals surface area contributed by atoms with Crippen molar-refractivity contribution in [2.24, 2.45) is 0 Å². The number of ether oxygens (including phenoxy) is 1. The van der Waals surface area contributed by atoms with Crippen molar-refractivity contribution in [1.29, 1.82) is 0 Å². The topological polar surface area (TPSA) is 60.2 Å². The molecule has 5 nitrogen and oxygen atoms in total. The van der Waals surface area contributed by atoms with Crippen molar-refractivity contribution in [3.63, 3.8) is 0 Å². The third-order valence-corrected chi connectivity index (χ3v) is 2.21. The maximum Gasteiger partial charge on any atom is 0.264 e. The minimum absolute atomic E-state index is 0.116. The van der Waals surface area contributed by atoms with Gasteiger partial charge in [0.2, 0.25) is 0 Å². The summed E-state index contributed by atoms with van der Waals surface area (Å²) in [6.45, 7) is 0.459. The predicted octanol–water partition coefficient (Wildman–Crippen LogP) is 1.60. The molecule has 2 rings (SSSR count). The van der Waals surface area contributed by atoms with Gasteiger partial charge in [-0.1, -0.05) is 11.2 Å². The van der Waals surface area contributed by atoms with Crippen LogP contribution in [0.2, 0.25) is 0 Å². The van der Waals surface area contributed by atoms with Crippen LogP contribution >= 0.6 is 0 Å². The van der Waals surface area contributed by atoms with E-state index < -0.39 is 5.82 Å². The average Bonchev–Trinajstić information content (AvgIpc) is 2.77. The summed E-state index contributed by atoms with van der Waals surface area (Å²) in [6, 6.07) is 4.52. The number of hydrogen-bond acceptors (Lipinski definition) is 5. The Balaban J connectivity index is 2.44. The van der Waals surface area contributed by atoms with Gasteiger partial charge < -0.3 is 14.6 Å². The number of aromatic nitrogens is 2. The summed E-state index contributed by atoms with van der Waals surface area (Å²) in [5, 5.41) is 6.61. The van der Waals surface area contributed by atoms with E-state index in [2.05, 4.69) is 15.5 Å². The smallest absolute Gasteiger partial charge is 0.264 e.